The molecular formula is C22H23ClN4O4. The van der Waals surface area contributed by atoms with E-state index >= 15 is 0 Å². The fourth-order valence-electron chi connectivity index (χ4n) is 4.37. The zero-order valence-corrected chi connectivity index (χ0v) is 17.7. The Bertz CT molecular complexity index is 1030. The second-order valence-electron chi connectivity index (χ2n) is 8.11. The van der Waals surface area contributed by atoms with Crippen molar-refractivity contribution in [2.24, 2.45) is 5.92 Å². The van der Waals surface area contributed by atoms with E-state index in [0.717, 1.165) is 31.0 Å². The molecule has 1 aromatic carbocycles. The minimum absolute atomic E-state index is 0.0329. The van der Waals surface area contributed by atoms with Crippen LogP contribution in [0.2, 0.25) is 5.02 Å². The summed E-state index contributed by atoms with van der Waals surface area (Å²) < 4.78 is 10.8. The van der Waals surface area contributed by atoms with Gasteiger partial charge in [0.05, 0.1) is 6.54 Å². The van der Waals surface area contributed by atoms with Gasteiger partial charge in [0.15, 0.2) is 18.2 Å². The minimum atomic E-state index is -0.429. The fourth-order valence-corrected chi connectivity index (χ4v) is 4.64. The molecular weight excluding hydrogens is 420 g/mol. The van der Waals surface area contributed by atoms with Crippen LogP contribution in [0.5, 0.6) is 5.75 Å². The van der Waals surface area contributed by atoms with E-state index in [1.807, 2.05) is 12.1 Å². The Morgan fingerprint density at radius 3 is 3.00 bits per heavy atom. The number of amides is 2. The Morgan fingerprint density at radius 2 is 2.13 bits per heavy atom. The van der Waals surface area contributed by atoms with Gasteiger partial charge in [0.1, 0.15) is 11.9 Å². The van der Waals surface area contributed by atoms with Gasteiger partial charge in [-0.25, -0.2) is 9.78 Å². The third-order valence-corrected chi connectivity index (χ3v) is 6.26. The molecule has 2 aliphatic heterocycles. The molecule has 9 heteroatoms. The first-order chi connectivity index (χ1) is 15.1. The molecule has 2 amide bonds. The number of aromatic nitrogens is 1. The van der Waals surface area contributed by atoms with Gasteiger partial charge >= 0.3 is 6.09 Å². The Hall–Kier alpha value is -2.84. The van der Waals surface area contributed by atoms with E-state index in [9.17, 15) is 9.59 Å². The van der Waals surface area contributed by atoms with Crippen molar-refractivity contribution in [3.05, 3.63) is 46.5 Å². The number of rotatable bonds is 6. The van der Waals surface area contributed by atoms with Gasteiger partial charge in [-0.3, -0.25) is 9.69 Å². The van der Waals surface area contributed by atoms with Crippen molar-refractivity contribution in [3.8, 4) is 5.75 Å². The Morgan fingerprint density at radius 1 is 1.23 bits per heavy atom. The number of benzene rings is 1. The minimum Gasteiger partial charge on any atom is -0.480 e. The van der Waals surface area contributed by atoms with Crippen LogP contribution in [0.1, 0.15) is 17.5 Å². The van der Waals surface area contributed by atoms with Crippen LogP contribution >= 0.6 is 11.6 Å². The highest BCUT2D eigenvalue weighted by atomic mass is 35.5. The number of hydrogen-bond acceptors (Lipinski definition) is 6. The van der Waals surface area contributed by atoms with Crippen molar-refractivity contribution < 1.29 is 19.1 Å². The maximum absolute atomic E-state index is 12.3. The second kappa shape index (κ2) is 8.36. The lowest BCUT2D eigenvalue weighted by atomic mass is 10.1. The SMILES string of the molecule is O=C1COc2ccc(N3CC(CCNCC4Cc5cccc(Cl)c5C4)OC3=O)nc2N1. The fraction of sp³-hybridized carbons (Fsp3) is 0.409. The third kappa shape index (κ3) is 4.18. The van der Waals surface area contributed by atoms with Gasteiger partial charge in [-0.1, -0.05) is 23.7 Å². The summed E-state index contributed by atoms with van der Waals surface area (Å²) in [6.45, 7) is 2.05. The summed E-state index contributed by atoms with van der Waals surface area (Å²) in [6.07, 6.45) is 2.12. The molecule has 5 rings (SSSR count). The zero-order valence-electron chi connectivity index (χ0n) is 16.9. The number of anilines is 2. The summed E-state index contributed by atoms with van der Waals surface area (Å²) in [6, 6.07) is 9.51. The monoisotopic (exact) mass is 442 g/mol. The number of nitrogens with one attached hydrogen (secondary N) is 2. The molecule has 3 heterocycles. The van der Waals surface area contributed by atoms with E-state index < -0.39 is 6.09 Å². The summed E-state index contributed by atoms with van der Waals surface area (Å²) in [4.78, 5) is 29.7. The van der Waals surface area contributed by atoms with Crippen molar-refractivity contribution in [2.75, 3.05) is 36.5 Å². The van der Waals surface area contributed by atoms with Crippen LogP contribution in [-0.4, -0.2) is 49.3 Å². The molecule has 0 spiro atoms. The zero-order chi connectivity index (χ0) is 21.4. The van der Waals surface area contributed by atoms with Crippen molar-refractivity contribution >= 4 is 35.2 Å². The van der Waals surface area contributed by atoms with E-state index in [2.05, 4.69) is 21.7 Å². The number of fused-ring (bicyclic) bond motifs is 2. The highest BCUT2D eigenvalue weighted by Crippen LogP contribution is 2.32. The van der Waals surface area contributed by atoms with Gasteiger partial charge < -0.3 is 20.1 Å². The van der Waals surface area contributed by atoms with Gasteiger partial charge in [-0.15, -0.1) is 0 Å². The van der Waals surface area contributed by atoms with E-state index in [4.69, 9.17) is 21.1 Å². The largest absolute Gasteiger partial charge is 0.480 e. The van der Waals surface area contributed by atoms with Crippen molar-refractivity contribution in [2.45, 2.75) is 25.4 Å². The molecule has 8 nitrogen and oxygen atoms in total. The quantitative estimate of drug-likeness (QED) is 0.668. The number of cyclic esters (lactones) is 1. The molecule has 1 aromatic heterocycles. The summed E-state index contributed by atoms with van der Waals surface area (Å²) >= 11 is 6.30. The summed E-state index contributed by atoms with van der Waals surface area (Å²) in [5, 5.41) is 7.01. The highest BCUT2D eigenvalue weighted by Gasteiger charge is 2.33. The molecule has 1 saturated heterocycles. The van der Waals surface area contributed by atoms with Gasteiger partial charge in [0, 0.05) is 5.02 Å². The summed E-state index contributed by atoms with van der Waals surface area (Å²) in [5.41, 5.74) is 2.62. The first kappa shape index (κ1) is 20.1. The third-order valence-electron chi connectivity index (χ3n) is 5.90. The standard InChI is InChI=1S/C22H23ClN4O4/c23-17-3-1-2-14-8-13(9-16(14)17)10-24-7-6-15-11-27(22(29)31-15)19-5-4-18-21(25-19)26-20(28)12-30-18/h1-5,13,15,24H,6-12H2,(H,25,26,28). The van der Waals surface area contributed by atoms with Gasteiger partial charge in [-0.2, -0.15) is 0 Å². The number of carbonyl (C=O) groups is 2. The normalized spacial score (nSPS) is 21.9. The number of hydrogen-bond donors (Lipinski definition) is 2. The average Bonchev–Trinajstić information content (AvgIpc) is 3.34. The molecule has 162 valence electrons. The van der Waals surface area contributed by atoms with Crippen LogP contribution in [0.25, 0.3) is 0 Å². The molecule has 2 atom stereocenters. The predicted octanol–water partition coefficient (Wildman–Crippen LogP) is 2.79. The van der Waals surface area contributed by atoms with Crippen LogP contribution in [0.3, 0.4) is 0 Å². The van der Waals surface area contributed by atoms with Crippen LogP contribution in [0.4, 0.5) is 16.4 Å². The van der Waals surface area contributed by atoms with Crippen LogP contribution in [-0.2, 0) is 22.4 Å². The van der Waals surface area contributed by atoms with Crippen LogP contribution < -0.4 is 20.3 Å². The number of carbonyl (C=O) groups excluding carboxylic acids is 2. The van der Waals surface area contributed by atoms with E-state index in [-0.39, 0.29) is 18.6 Å². The Labute approximate surface area is 184 Å². The average molecular weight is 443 g/mol. The molecule has 31 heavy (non-hydrogen) atoms. The Balaban J connectivity index is 1.10. The molecule has 2 aromatic rings. The van der Waals surface area contributed by atoms with Gasteiger partial charge in [0.25, 0.3) is 5.91 Å². The number of ether oxygens (including phenoxy) is 2. The van der Waals surface area contributed by atoms with Crippen molar-refractivity contribution in [1.82, 2.24) is 10.3 Å². The summed E-state index contributed by atoms with van der Waals surface area (Å²) in [7, 11) is 0. The topological polar surface area (TPSA) is 92.8 Å². The smallest absolute Gasteiger partial charge is 0.415 e. The molecule has 0 radical (unpaired) electrons. The van der Waals surface area contributed by atoms with Gasteiger partial charge in [0.2, 0.25) is 0 Å². The lowest BCUT2D eigenvalue weighted by molar-refractivity contribution is -0.118. The van der Waals surface area contributed by atoms with Crippen molar-refractivity contribution in [1.29, 1.82) is 0 Å². The Kier molecular flexibility index (Phi) is 5.41. The second-order valence-corrected chi connectivity index (χ2v) is 8.52. The van der Waals surface area contributed by atoms with Crippen LogP contribution in [0.15, 0.2) is 30.3 Å². The maximum Gasteiger partial charge on any atom is 0.415 e. The number of pyridine rings is 1. The summed E-state index contributed by atoms with van der Waals surface area (Å²) in [5.74, 6) is 1.52. The first-order valence-electron chi connectivity index (χ1n) is 10.5. The molecule has 0 saturated carbocycles. The van der Waals surface area contributed by atoms with Crippen LogP contribution in [0, 0.1) is 5.92 Å². The number of nitrogens with zero attached hydrogens (tertiary/aromatic N) is 2. The van der Waals surface area contributed by atoms with Gasteiger partial charge in [-0.05, 0) is 67.6 Å². The predicted molar refractivity (Wildman–Crippen MR) is 116 cm³/mol. The lowest BCUT2D eigenvalue weighted by Gasteiger charge is -2.19. The lowest BCUT2D eigenvalue weighted by Crippen LogP contribution is -2.30. The van der Waals surface area contributed by atoms with Crippen molar-refractivity contribution in [3.63, 3.8) is 0 Å². The van der Waals surface area contributed by atoms with E-state index in [1.54, 1.807) is 12.1 Å². The first-order valence-corrected chi connectivity index (χ1v) is 10.8. The molecule has 1 aliphatic carbocycles. The molecule has 2 unspecified atom stereocenters. The molecule has 2 N–H and O–H groups in total. The highest BCUT2D eigenvalue weighted by molar-refractivity contribution is 6.31. The molecule has 0 bridgehead atoms. The molecule has 1 fully saturated rings. The van der Waals surface area contributed by atoms with E-state index in [1.165, 1.54) is 16.0 Å². The van der Waals surface area contributed by atoms with E-state index in [0.29, 0.717) is 36.3 Å². The maximum atomic E-state index is 12.3. The molecule has 3 aliphatic rings. The number of halogens is 1.